The first-order valence-corrected chi connectivity index (χ1v) is 10.3. The van der Waals surface area contributed by atoms with Gasteiger partial charge in [0.1, 0.15) is 17.2 Å². The lowest BCUT2D eigenvalue weighted by molar-refractivity contribution is 0.101. The lowest BCUT2D eigenvalue weighted by Crippen LogP contribution is -2.51. The van der Waals surface area contributed by atoms with Crippen LogP contribution < -0.4 is 10.2 Å². The second-order valence-electron chi connectivity index (χ2n) is 7.94. The molecule has 0 spiro atoms. The molecule has 4 heterocycles. The summed E-state index contributed by atoms with van der Waals surface area (Å²) < 4.78 is 1.95. The zero-order chi connectivity index (χ0) is 21.4. The molecule has 0 radical (unpaired) electrons. The molecule has 1 fully saturated rings. The number of fused-ring (bicyclic) bond motifs is 1. The Morgan fingerprint density at radius 3 is 2.74 bits per heavy atom. The Balaban J connectivity index is 1.41. The van der Waals surface area contributed by atoms with Crippen molar-refractivity contribution in [2.24, 2.45) is 0 Å². The lowest BCUT2D eigenvalue weighted by Gasteiger charge is -2.36. The number of hydrogen-bond donors (Lipinski definition) is 2. The van der Waals surface area contributed by atoms with Gasteiger partial charge in [-0.1, -0.05) is 29.8 Å². The average Bonchev–Trinajstić information content (AvgIpc) is 3.11. The molecule has 2 N–H and O–H groups in total. The summed E-state index contributed by atoms with van der Waals surface area (Å²) in [7, 11) is 0. The van der Waals surface area contributed by atoms with Crippen LogP contribution >= 0.6 is 0 Å². The first kappa shape index (κ1) is 19.3. The highest BCUT2D eigenvalue weighted by molar-refractivity contribution is 6.06. The van der Waals surface area contributed by atoms with Gasteiger partial charge in [-0.3, -0.25) is 4.79 Å². The number of benzene rings is 1. The molecule has 0 bridgehead atoms. The average molecular weight is 413 g/mol. The van der Waals surface area contributed by atoms with Gasteiger partial charge in [-0.05, 0) is 42.8 Å². The largest absolute Gasteiger partial charge is 0.389 e. The molecule has 1 amide bonds. The summed E-state index contributed by atoms with van der Waals surface area (Å²) in [6, 6.07) is 17.6. The van der Waals surface area contributed by atoms with Crippen LogP contribution in [0.1, 0.15) is 21.6 Å². The van der Waals surface area contributed by atoms with E-state index in [-0.39, 0.29) is 12.0 Å². The molecule has 1 aromatic carbocycles. The van der Waals surface area contributed by atoms with Crippen molar-refractivity contribution in [2.75, 3.05) is 23.3 Å². The third kappa shape index (κ3) is 3.87. The monoisotopic (exact) mass is 413 g/mol. The maximum absolute atomic E-state index is 13.2. The second kappa shape index (κ2) is 7.85. The van der Waals surface area contributed by atoms with Crippen LogP contribution in [0.25, 0.3) is 11.0 Å². The van der Waals surface area contributed by atoms with Gasteiger partial charge in [-0.2, -0.15) is 0 Å². The Kier molecular flexibility index (Phi) is 4.88. The normalized spacial score (nSPS) is 13.9. The van der Waals surface area contributed by atoms with Crippen LogP contribution in [0.15, 0.2) is 67.0 Å². The molecule has 7 nitrogen and oxygen atoms in total. The standard InChI is InChI=1S/C24H23N5O2/c1-16-4-2-5-17(10-16)13-29-21(11-18-6-3-9-25-23(18)29)24(31)27-19-7-8-22(26-12-19)28-14-20(30)15-28/h2-12,20,30H,13-15H2,1H3,(H,27,31). The van der Waals surface area contributed by atoms with Crippen molar-refractivity contribution in [3.8, 4) is 0 Å². The molecule has 1 saturated heterocycles. The van der Waals surface area contributed by atoms with E-state index in [1.165, 1.54) is 5.56 Å². The van der Waals surface area contributed by atoms with E-state index in [1.54, 1.807) is 12.4 Å². The number of carbonyl (C=O) groups excluding carboxylic acids is 1. The smallest absolute Gasteiger partial charge is 0.272 e. The van der Waals surface area contributed by atoms with E-state index in [0.29, 0.717) is 31.0 Å². The number of hydrogen-bond acceptors (Lipinski definition) is 5. The first-order valence-electron chi connectivity index (χ1n) is 10.3. The zero-order valence-electron chi connectivity index (χ0n) is 17.2. The molecule has 0 atom stereocenters. The van der Waals surface area contributed by atoms with E-state index in [9.17, 15) is 9.90 Å². The fourth-order valence-corrected chi connectivity index (χ4v) is 3.91. The number of aliphatic hydroxyl groups is 1. The molecule has 0 unspecified atom stereocenters. The molecular formula is C24H23N5O2. The van der Waals surface area contributed by atoms with E-state index in [1.807, 2.05) is 45.9 Å². The van der Waals surface area contributed by atoms with Crippen molar-refractivity contribution in [3.05, 3.63) is 83.8 Å². The van der Waals surface area contributed by atoms with Gasteiger partial charge in [0, 0.05) is 31.2 Å². The topological polar surface area (TPSA) is 83.3 Å². The predicted molar refractivity (Wildman–Crippen MR) is 120 cm³/mol. The number of aliphatic hydroxyl groups excluding tert-OH is 1. The van der Waals surface area contributed by atoms with Crippen LogP contribution in [-0.2, 0) is 6.54 Å². The zero-order valence-corrected chi connectivity index (χ0v) is 17.2. The molecule has 0 saturated carbocycles. The summed E-state index contributed by atoms with van der Waals surface area (Å²) >= 11 is 0. The van der Waals surface area contributed by atoms with Crippen LogP contribution in [-0.4, -0.2) is 44.7 Å². The molecule has 31 heavy (non-hydrogen) atoms. The number of amides is 1. The molecule has 156 valence electrons. The van der Waals surface area contributed by atoms with Gasteiger partial charge in [-0.25, -0.2) is 9.97 Å². The minimum absolute atomic E-state index is 0.209. The second-order valence-corrected chi connectivity index (χ2v) is 7.94. The van der Waals surface area contributed by atoms with Crippen molar-refractivity contribution in [1.29, 1.82) is 0 Å². The Morgan fingerprint density at radius 1 is 1.13 bits per heavy atom. The summed E-state index contributed by atoms with van der Waals surface area (Å²) in [6.07, 6.45) is 3.10. The number of aromatic nitrogens is 3. The summed E-state index contributed by atoms with van der Waals surface area (Å²) in [5, 5.41) is 13.3. The molecule has 4 aromatic rings. The van der Waals surface area contributed by atoms with Crippen molar-refractivity contribution in [3.63, 3.8) is 0 Å². The number of nitrogens with zero attached hydrogens (tertiary/aromatic N) is 4. The van der Waals surface area contributed by atoms with E-state index in [2.05, 4.69) is 40.4 Å². The highest BCUT2D eigenvalue weighted by atomic mass is 16.3. The third-order valence-corrected chi connectivity index (χ3v) is 5.50. The van der Waals surface area contributed by atoms with Gasteiger partial charge < -0.3 is 19.9 Å². The van der Waals surface area contributed by atoms with Crippen molar-refractivity contribution >= 4 is 28.4 Å². The number of rotatable bonds is 5. The van der Waals surface area contributed by atoms with Crippen LogP contribution in [0.5, 0.6) is 0 Å². The van der Waals surface area contributed by atoms with Crippen molar-refractivity contribution in [1.82, 2.24) is 14.5 Å². The fraction of sp³-hybridized carbons (Fsp3) is 0.208. The molecule has 1 aliphatic heterocycles. The maximum atomic E-state index is 13.2. The van der Waals surface area contributed by atoms with Gasteiger partial charge in [0.15, 0.2) is 0 Å². The third-order valence-electron chi connectivity index (χ3n) is 5.50. The van der Waals surface area contributed by atoms with E-state index < -0.39 is 0 Å². The van der Waals surface area contributed by atoms with Gasteiger partial charge >= 0.3 is 0 Å². The van der Waals surface area contributed by atoms with Crippen LogP contribution in [0.4, 0.5) is 11.5 Å². The van der Waals surface area contributed by atoms with Crippen molar-refractivity contribution in [2.45, 2.75) is 19.6 Å². The van der Waals surface area contributed by atoms with Crippen LogP contribution in [0.2, 0.25) is 0 Å². The maximum Gasteiger partial charge on any atom is 0.272 e. The quantitative estimate of drug-likeness (QED) is 0.525. The van der Waals surface area contributed by atoms with Crippen molar-refractivity contribution < 1.29 is 9.90 Å². The van der Waals surface area contributed by atoms with Gasteiger partial charge in [0.05, 0.1) is 18.0 Å². The highest BCUT2D eigenvalue weighted by Gasteiger charge is 2.25. The van der Waals surface area contributed by atoms with Gasteiger partial charge in [-0.15, -0.1) is 0 Å². The number of anilines is 2. The Hall–Kier alpha value is -3.71. The first-order chi connectivity index (χ1) is 15.1. The number of aryl methyl sites for hydroxylation is 1. The Morgan fingerprint density at radius 2 is 2.00 bits per heavy atom. The Bertz CT molecular complexity index is 1240. The number of nitrogens with one attached hydrogen (secondary N) is 1. The van der Waals surface area contributed by atoms with Gasteiger partial charge in [0.2, 0.25) is 0 Å². The molecule has 3 aromatic heterocycles. The summed E-state index contributed by atoms with van der Waals surface area (Å²) in [6.45, 7) is 3.79. The van der Waals surface area contributed by atoms with E-state index in [4.69, 9.17) is 0 Å². The summed E-state index contributed by atoms with van der Waals surface area (Å²) in [5.74, 6) is 0.584. The van der Waals surface area contributed by atoms with Gasteiger partial charge in [0.25, 0.3) is 5.91 Å². The lowest BCUT2D eigenvalue weighted by atomic mass is 10.1. The number of pyridine rings is 2. The van der Waals surface area contributed by atoms with E-state index >= 15 is 0 Å². The molecule has 0 aliphatic carbocycles. The predicted octanol–water partition coefficient (Wildman–Crippen LogP) is 3.22. The minimum Gasteiger partial charge on any atom is -0.389 e. The number of carbonyl (C=O) groups is 1. The molecule has 5 rings (SSSR count). The minimum atomic E-state index is -0.287. The fourth-order valence-electron chi connectivity index (χ4n) is 3.91. The van der Waals surface area contributed by atoms with Crippen LogP contribution in [0, 0.1) is 6.92 Å². The SMILES string of the molecule is Cc1cccc(Cn2c(C(=O)Nc3ccc(N4CC(O)C4)nc3)cc3cccnc32)c1. The van der Waals surface area contributed by atoms with E-state index in [0.717, 1.165) is 22.4 Å². The molecule has 1 aliphatic rings. The molecule has 7 heteroatoms. The highest BCUT2D eigenvalue weighted by Crippen LogP contribution is 2.23. The summed E-state index contributed by atoms with van der Waals surface area (Å²) in [4.78, 5) is 24.1. The summed E-state index contributed by atoms with van der Waals surface area (Å²) in [5.41, 5.74) is 4.23. The molecular weight excluding hydrogens is 390 g/mol. The Labute approximate surface area is 180 Å². The number of β-amino-alcohol motifs (C(OH)–C–C–N with tert-alkyl or cyclic N) is 1. The van der Waals surface area contributed by atoms with Crippen LogP contribution in [0.3, 0.4) is 0 Å².